The first kappa shape index (κ1) is 64.1. The number of rotatable bonds is 41. The fourth-order valence-electron chi connectivity index (χ4n) is 7.04. The van der Waals surface area contributed by atoms with Gasteiger partial charge in [-0.15, -0.1) is 0 Å². The zero-order chi connectivity index (χ0) is 52.7. The molecule has 18 nitrogen and oxygen atoms in total. The van der Waals surface area contributed by atoms with Crippen molar-refractivity contribution in [3.63, 3.8) is 0 Å². The van der Waals surface area contributed by atoms with Crippen LogP contribution in [0.3, 0.4) is 0 Å². The monoisotopic (exact) mass is 1050 g/mol. The third-order valence-electron chi connectivity index (χ3n) is 11.0. The number of hydrogen-bond acceptors (Lipinski definition) is 15. The van der Waals surface area contributed by atoms with Crippen molar-refractivity contribution in [2.45, 2.75) is 186 Å². The Balaban J connectivity index is 1.83. The second kappa shape index (κ2) is 39.4. The van der Waals surface area contributed by atoms with Gasteiger partial charge in [0.1, 0.15) is 30.7 Å². The summed E-state index contributed by atoms with van der Waals surface area (Å²) in [7, 11) is -10.9. The van der Waals surface area contributed by atoms with Gasteiger partial charge < -0.3 is 39.9 Å². The van der Waals surface area contributed by atoms with E-state index < -0.39 is 83.7 Å². The third-order valence-corrected chi connectivity index (χ3v) is 13.6. The Labute approximate surface area is 427 Å². The Morgan fingerprint density at radius 1 is 0.681 bits per heavy atom. The second-order valence-corrected chi connectivity index (χ2v) is 20.3. The summed E-state index contributed by atoms with van der Waals surface area (Å²) >= 11 is 0. The van der Waals surface area contributed by atoms with Crippen LogP contribution < -0.4 is 11.4 Å². The van der Waals surface area contributed by atoms with E-state index in [0.29, 0.717) is 19.3 Å². The molecule has 1 aliphatic heterocycles. The van der Waals surface area contributed by atoms with Gasteiger partial charge in [0, 0.05) is 19.0 Å². The molecule has 72 heavy (non-hydrogen) atoms. The van der Waals surface area contributed by atoms with Gasteiger partial charge in [0.2, 0.25) is 0 Å². The standard InChI is InChI=1S/C52H83N3O15P2/c1-3-5-7-9-11-13-15-17-19-20-21-22-24-25-27-29-31-33-35-37-47(56)65-41-44(68-48(57)38-36-34-32-30-28-26-23-18-16-14-12-10-8-6-4-2)42-66-71(61,62)70-72(63,64)67-43-45-49(58)50(59)51(69-45)55-40-39-46(53)54-52(55)60/h5,7,11,13,17-19,21-23,25,27,31,33,39-40,44-45,49-51,58-59H,3-4,6,8-10,12,14-16,20,24,26,28-30,32,34-38,41-43H2,1-2H3,(H,61,62)(H,63,64)(H2,53,54,60)/b7-5-,13-11-,19-17-,22-21-,23-18-,27-25-,33-31-/t44-,45-,49+,50?,51-/m1/s1. The van der Waals surface area contributed by atoms with Crippen molar-refractivity contribution in [3.05, 3.63) is 108 Å². The lowest BCUT2D eigenvalue weighted by Crippen LogP contribution is -2.36. The molecule has 7 atom stereocenters. The molecule has 6 N–H and O–H groups in total. The van der Waals surface area contributed by atoms with Gasteiger partial charge in [0.05, 0.1) is 13.2 Å². The van der Waals surface area contributed by atoms with Crippen LogP contribution in [0.15, 0.2) is 102 Å². The normalized spacial score (nSPS) is 19.8. The molecule has 1 aromatic heterocycles. The number of aromatic nitrogens is 2. The highest BCUT2D eigenvalue weighted by Crippen LogP contribution is 2.60. The number of hydrogen-bond donors (Lipinski definition) is 5. The summed E-state index contributed by atoms with van der Waals surface area (Å²) in [5.41, 5.74) is 4.58. The first-order valence-corrected chi connectivity index (χ1v) is 28.6. The Bertz CT molecular complexity index is 2040. The molecule has 3 unspecified atom stereocenters. The topological polar surface area (TPSA) is 265 Å². The van der Waals surface area contributed by atoms with Crippen LogP contribution >= 0.6 is 15.6 Å². The zero-order valence-electron chi connectivity index (χ0n) is 42.4. The van der Waals surface area contributed by atoms with E-state index in [2.05, 4.69) is 90.0 Å². The second-order valence-electron chi connectivity index (χ2n) is 17.3. The minimum absolute atomic E-state index is 0.00394. The number of aliphatic hydroxyl groups excluding tert-OH is 2. The molecule has 0 aromatic carbocycles. The van der Waals surface area contributed by atoms with E-state index in [1.54, 1.807) is 0 Å². The van der Waals surface area contributed by atoms with Crippen molar-refractivity contribution in [1.82, 2.24) is 9.55 Å². The van der Waals surface area contributed by atoms with Crippen molar-refractivity contribution < 1.29 is 66.3 Å². The quantitative estimate of drug-likeness (QED) is 0.0177. The van der Waals surface area contributed by atoms with Crippen molar-refractivity contribution in [3.8, 4) is 0 Å². The van der Waals surface area contributed by atoms with Gasteiger partial charge in [-0.3, -0.25) is 23.2 Å². The molecule has 0 saturated carbocycles. The Kier molecular flexibility index (Phi) is 35.1. The van der Waals surface area contributed by atoms with Gasteiger partial charge in [0.25, 0.3) is 0 Å². The highest BCUT2D eigenvalue weighted by atomic mass is 31.3. The summed E-state index contributed by atoms with van der Waals surface area (Å²) < 4.78 is 56.7. The SMILES string of the molecule is CC/C=C\C/C=C\C/C=C\C/C=C\C/C=C\C/C=C\CCC(=O)OC[C@H](COP(=O)(O)OP(=O)(O)OC[C@H]1O[C@@H](n2ccc(N)nc2=O)C(O)[C@H]1O)OC(=O)CCCCCCC/C=C\CCCCCCCC. The average molecular weight is 1050 g/mol. The third kappa shape index (κ3) is 31.5. The van der Waals surface area contributed by atoms with Crippen LogP contribution in [0.25, 0.3) is 0 Å². The van der Waals surface area contributed by atoms with Crippen LogP contribution in [0.1, 0.15) is 161 Å². The number of esters is 2. The molecular formula is C52H83N3O15P2. The number of anilines is 1. The van der Waals surface area contributed by atoms with Crippen molar-refractivity contribution in [1.29, 1.82) is 0 Å². The predicted octanol–water partition coefficient (Wildman–Crippen LogP) is 10.7. The number of nitrogen functional groups attached to an aromatic ring is 1. The van der Waals surface area contributed by atoms with Crippen molar-refractivity contribution in [2.75, 3.05) is 25.6 Å². The van der Waals surface area contributed by atoms with Crippen LogP contribution in [0.2, 0.25) is 0 Å². The summed E-state index contributed by atoms with van der Waals surface area (Å²) in [5.74, 6) is -1.41. The molecule has 0 radical (unpaired) electrons. The number of aliphatic hydroxyl groups is 2. The summed E-state index contributed by atoms with van der Waals surface area (Å²) in [6, 6.07) is 1.24. The molecule has 0 amide bonds. The Hall–Kier alpha value is -4.06. The summed E-state index contributed by atoms with van der Waals surface area (Å²) in [5, 5.41) is 20.9. The molecule has 0 spiro atoms. The molecule has 0 aliphatic carbocycles. The first-order valence-electron chi connectivity index (χ1n) is 25.6. The maximum absolute atomic E-state index is 12.9. The lowest BCUT2D eigenvalue weighted by Gasteiger charge is -2.21. The Morgan fingerprint density at radius 3 is 1.76 bits per heavy atom. The molecule has 2 heterocycles. The van der Waals surface area contributed by atoms with Gasteiger partial charge in [-0.05, 0) is 83.1 Å². The van der Waals surface area contributed by atoms with Crippen LogP contribution in [-0.4, -0.2) is 85.7 Å². The molecule has 1 saturated heterocycles. The minimum atomic E-state index is -5.44. The molecule has 0 bridgehead atoms. The number of carbonyl (C=O) groups excluding carboxylic acids is 2. The van der Waals surface area contributed by atoms with Gasteiger partial charge in [-0.25, -0.2) is 13.9 Å². The molecular weight excluding hydrogens is 969 g/mol. The van der Waals surface area contributed by atoms with E-state index in [1.807, 2.05) is 18.2 Å². The number of nitrogens with two attached hydrogens (primary N) is 1. The van der Waals surface area contributed by atoms with Crippen LogP contribution in [-0.2, 0) is 46.3 Å². The number of nitrogens with zero attached hydrogens (tertiary/aromatic N) is 2. The number of unbranched alkanes of at least 4 members (excludes halogenated alkanes) is 11. The molecule has 406 valence electrons. The zero-order valence-corrected chi connectivity index (χ0v) is 44.2. The first-order chi connectivity index (χ1) is 34.7. The fourth-order valence-corrected chi connectivity index (χ4v) is 9.15. The van der Waals surface area contributed by atoms with E-state index in [-0.39, 0.29) is 18.7 Å². The highest BCUT2D eigenvalue weighted by molar-refractivity contribution is 7.61. The molecule has 1 aliphatic rings. The maximum Gasteiger partial charge on any atom is 0.481 e. The fraction of sp³-hybridized carbons (Fsp3) is 0.615. The number of phosphoric ester groups is 2. The summed E-state index contributed by atoms with van der Waals surface area (Å²) in [6.45, 7) is 1.95. The van der Waals surface area contributed by atoms with E-state index >= 15 is 0 Å². The van der Waals surface area contributed by atoms with E-state index in [4.69, 9.17) is 29.0 Å². The van der Waals surface area contributed by atoms with Crippen LogP contribution in [0, 0.1) is 0 Å². The molecule has 1 fully saturated rings. The summed E-state index contributed by atoms with van der Waals surface area (Å²) in [4.78, 5) is 61.9. The lowest BCUT2D eigenvalue weighted by molar-refractivity contribution is -0.161. The Morgan fingerprint density at radius 2 is 1.19 bits per heavy atom. The van der Waals surface area contributed by atoms with Crippen molar-refractivity contribution in [2.24, 2.45) is 0 Å². The van der Waals surface area contributed by atoms with E-state index in [9.17, 15) is 43.5 Å². The molecule has 20 heteroatoms. The summed E-state index contributed by atoms with van der Waals surface area (Å²) in [6.07, 6.45) is 42.5. The smallest absolute Gasteiger partial charge is 0.462 e. The van der Waals surface area contributed by atoms with Gasteiger partial charge in [-0.1, -0.05) is 150 Å². The minimum Gasteiger partial charge on any atom is -0.462 e. The number of carbonyl (C=O) groups is 2. The predicted molar refractivity (Wildman–Crippen MR) is 279 cm³/mol. The van der Waals surface area contributed by atoms with Gasteiger partial charge in [0.15, 0.2) is 12.3 Å². The maximum atomic E-state index is 12.9. The molecule has 2 rings (SSSR count). The highest BCUT2D eigenvalue weighted by Gasteiger charge is 2.46. The van der Waals surface area contributed by atoms with Gasteiger partial charge in [-0.2, -0.15) is 9.29 Å². The van der Waals surface area contributed by atoms with Gasteiger partial charge >= 0.3 is 33.3 Å². The van der Waals surface area contributed by atoms with Crippen LogP contribution in [0.4, 0.5) is 5.82 Å². The van der Waals surface area contributed by atoms with E-state index in [0.717, 1.165) is 81.4 Å². The van der Waals surface area contributed by atoms with Crippen LogP contribution in [0.5, 0.6) is 0 Å². The largest absolute Gasteiger partial charge is 0.481 e. The molecule has 1 aromatic rings. The number of allylic oxidation sites excluding steroid dienone is 14. The number of phosphoric acid groups is 2. The van der Waals surface area contributed by atoms with Crippen molar-refractivity contribution >= 4 is 33.4 Å². The average Bonchev–Trinajstić information content (AvgIpc) is 3.62. The lowest BCUT2D eigenvalue weighted by atomic mass is 10.1. The van der Waals surface area contributed by atoms with E-state index in [1.165, 1.54) is 44.6 Å². The number of ether oxygens (including phenoxy) is 3.